The number of nitrogens with two attached hydrogens (primary N) is 1. The molecular formula is C36H22N10S. The van der Waals surface area contributed by atoms with Crippen molar-refractivity contribution >= 4 is 28.3 Å². The van der Waals surface area contributed by atoms with Crippen LogP contribution in [0.1, 0.15) is 33.5 Å². The van der Waals surface area contributed by atoms with Crippen molar-refractivity contribution in [1.29, 1.82) is 21.0 Å². The molecule has 2 aliphatic rings. The van der Waals surface area contributed by atoms with Gasteiger partial charge in [-0.05, 0) is 60.0 Å². The Morgan fingerprint density at radius 3 is 1.77 bits per heavy atom. The summed E-state index contributed by atoms with van der Waals surface area (Å²) in [5.41, 5.74) is 13.9. The van der Waals surface area contributed by atoms with E-state index < -0.39 is 0 Å². The van der Waals surface area contributed by atoms with Gasteiger partial charge in [0.25, 0.3) is 0 Å². The average Bonchev–Trinajstić information content (AvgIpc) is 3.72. The van der Waals surface area contributed by atoms with Gasteiger partial charge in [0.15, 0.2) is 11.6 Å². The number of nitriles is 4. The predicted octanol–water partition coefficient (Wildman–Crippen LogP) is 6.25. The van der Waals surface area contributed by atoms with Crippen molar-refractivity contribution in [3.63, 3.8) is 0 Å². The lowest BCUT2D eigenvalue weighted by Crippen LogP contribution is -2.05. The maximum absolute atomic E-state index is 10.1. The quantitative estimate of drug-likeness (QED) is 0.200. The molecule has 0 saturated carbocycles. The minimum absolute atomic E-state index is 0.0270. The number of nitrogens with zero attached hydrogens (tertiary/aromatic N) is 8. The van der Waals surface area contributed by atoms with Gasteiger partial charge in [-0.1, -0.05) is 24.3 Å². The number of fused-ring (bicyclic) bond motifs is 7. The highest BCUT2D eigenvalue weighted by molar-refractivity contribution is 7.16. The monoisotopic (exact) mass is 626 g/mol. The molecule has 0 spiro atoms. The first-order valence-electron chi connectivity index (χ1n) is 14.7. The lowest BCUT2D eigenvalue weighted by Gasteiger charge is -2.09. The number of benzene rings is 2. The third-order valence-electron chi connectivity index (χ3n) is 8.07. The first kappa shape index (κ1) is 29.2. The minimum Gasteiger partial charge on any atom is -0.370 e. The predicted molar refractivity (Wildman–Crippen MR) is 179 cm³/mol. The Bertz CT molecular complexity index is 2190. The molecule has 0 radical (unpaired) electrons. The Morgan fingerprint density at radius 1 is 0.723 bits per heavy atom. The SMILES string of the molecule is CCNc1ccnc(-c2ccc3c(c2)C(=C(C#N)C#N)c2sc4c(c2-3)-c2ccc(-c3nccc(CCN)n3)cc2C4=C(C#N)C#N)n1. The molecule has 3 aromatic heterocycles. The van der Waals surface area contributed by atoms with Crippen LogP contribution in [0.2, 0.25) is 0 Å². The first-order valence-corrected chi connectivity index (χ1v) is 15.5. The Hall–Kier alpha value is -6.50. The van der Waals surface area contributed by atoms with E-state index in [1.54, 1.807) is 18.5 Å². The number of anilines is 1. The summed E-state index contributed by atoms with van der Waals surface area (Å²) in [6, 6.07) is 23.6. The molecule has 0 fully saturated rings. The highest BCUT2D eigenvalue weighted by atomic mass is 32.1. The lowest BCUT2D eigenvalue weighted by atomic mass is 9.96. The Kier molecular flexibility index (Phi) is 7.32. The van der Waals surface area contributed by atoms with E-state index in [1.807, 2.05) is 49.4 Å². The standard InChI is InChI=1S/C36H22N10S/c1-2-42-28-9-12-44-36(46-28)20-4-6-25-27(14-20)30(22(17-40)18-41)34-32(25)31-24-5-3-19(35-43-11-8-23(45-35)7-10-37)13-26(24)29(33(31)47-34)21(15-38)16-39/h3-6,8-9,11-14H,2,7,10,37H2,1H3,(H,42,44,46). The van der Waals surface area contributed by atoms with Gasteiger partial charge in [0.05, 0.1) is 0 Å². The van der Waals surface area contributed by atoms with Crippen LogP contribution in [0.25, 0.3) is 56.2 Å². The second kappa shape index (κ2) is 11.8. The second-order valence-corrected chi connectivity index (χ2v) is 11.7. The maximum atomic E-state index is 10.1. The number of hydrogen-bond donors (Lipinski definition) is 2. The second-order valence-electron chi connectivity index (χ2n) is 10.7. The van der Waals surface area contributed by atoms with Crippen LogP contribution in [-0.2, 0) is 6.42 Å². The van der Waals surface area contributed by atoms with E-state index in [0.717, 1.165) is 60.0 Å². The van der Waals surface area contributed by atoms with Gasteiger partial charge in [0, 0.05) is 74.2 Å². The lowest BCUT2D eigenvalue weighted by molar-refractivity contribution is 0.913. The molecule has 3 N–H and O–H groups in total. The topological polar surface area (TPSA) is 185 Å². The van der Waals surface area contributed by atoms with E-state index in [2.05, 4.69) is 49.5 Å². The summed E-state index contributed by atoms with van der Waals surface area (Å²) in [6.07, 6.45) is 3.99. The Morgan fingerprint density at radius 2 is 1.26 bits per heavy atom. The van der Waals surface area contributed by atoms with Crippen molar-refractivity contribution in [2.45, 2.75) is 13.3 Å². The molecule has 2 aromatic carbocycles. The van der Waals surface area contributed by atoms with Crippen LogP contribution in [0.15, 0.2) is 72.1 Å². The largest absolute Gasteiger partial charge is 0.370 e. The van der Waals surface area contributed by atoms with Gasteiger partial charge in [-0.3, -0.25) is 0 Å². The van der Waals surface area contributed by atoms with Crippen LogP contribution in [0.4, 0.5) is 5.82 Å². The smallest absolute Gasteiger partial charge is 0.161 e. The summed E-state index contributed by atoms with van der Waals surface area (Å²) in [5, 5.41) is 43.4. The fourth-order valence-corrected chi connectivity index (χ4v) is 7.59. The van der Waals surface area contributed by atoms with E-state index in [1.165, 1.54) is 11.3 Å². The maximum Gasteiger partial charge on any atom is 0.161 e. The molecular weight excluding hydrogens is 605 g/mol. The number of aromatic nitrogens is 4. The van der Waals surface area contributed by atoms with Crippen LogP contribution in [0.5, 0.6) is 0 Å². The number of rotatable bonds is 6. The van der Waals surface area contributed by atoms with Gasteiger partial charge in [-0.25, -0.2) is 19.9 Å². The average molecular weight is 627 g/mol. The van der Waals surface area contributed by atoms with E-state index in [0.29, 0.717) is 48.1 Å². The number of allylic oxidation sites excluding steroid dienone is 2. The molecule has 3 heterocycles. The van der Waals surface area contributed by atoms with Gasteiger partial charge in [-0.2, -0.15) is 21.0 Å². The zero-order valence-corrected chi connectivity index (χ0v) is 25.8. The number of hydrogen-bond acceptors (Lipinski definition) is 11. The van der Waals surface area contributed by atoms with E-state index in [-0.39, 0.29) is 11.1 Å². The van der Waals surface area contributed by atoms with Gasteiger partial charge < -0.3 is 11.1 Å². The van der Waals surface area contributed by atoms with Crippen molar-refractivity contribution < 1.29 is 0 Å². The van der Waals surface area contributed by atoms with Crippen molar-refractivity contribution in [1.82, 2.24) is 19.9 Å². The van der Waals surface area contributed by atoms with Gasteiger partial charge >= 0.3 is 0 Å². The molecule has 0 unspecified atom stereocenters. The van der Waals surface area contributed by atoms with E-state index in [4.69, 9.17) is 5.73 Å². The fourth-order valence-electron chi connectivity index (χ4n) is 6.13. The first-order chi connectivity index (χ1) is 23.0. The molecule has 47 heavy (non-hydrogen) atoms. The van der Waals surface area contributed by atoms with Crippen LogP contribution in [-0.4, -0.2) is 33.0 Å². The zero-order chi connectivity index (χ0) is 32.7. The molecule has 0 bridgehead atoms. The van der Waals surface area contributed by atoms with Crippen LogP contribution < -0.4 is 11.1 Å². The highest BCUT2D eigenvalue weighted by Gasteiger charge is 2.39. The highest BCUT2D eigenvalue weighted by Crippen LogP contribution is 2.61. The molecule has 11 heteroatoms. The summed E-state index contributed by atoms with van der Waals surface area (Å²) in [5.74, 6) is 1.72. The third-order valence-corrected chi connectivity index (χ3v) is 9.29. The van der Waals surface area contributed by atoms with E-state index >= 15 is 0 Å². The molecule has 0 amide bonds. The molecule has 2 aliphatic carbocycles. The number of thiophene rings is 1. The Labute approximate surface area is 274 Å². The van der Waals surface area contributed by atoms with Crippen molar-refractivity contribution in [2.24, 2.45) is 5.73 Å². The molecule has 0 aliphatic heterocycles. The minimum atomic E-state index is -0.0283. The summed E-state index contributed by atoms with van der Waals surface area (Å²) in [7, 11) is 0. The van der Waals surface area contributed by atoms with Crippen LogP contribution in [0.3, 0.4) is 0 Å². The molecule has 7 rings (SSSR count). The summed E-state index contributed by atoms with van der Waals surface area (Å²) >= 11 is 1.37. The summed E-state index contributed by atoms with van der Waals surface area (Å²) < 4.78 is 0. The Balaban J connectivity index is 1.47. The van der Waals surface area contributed by atoms with E-state index in [9.17, 15) is 21.0 Å². The summed E-state index contributed by atoms with van der Waals surface area (Å²) in [6.45, 7) is 3.15. The van der Waals surface area contributed by atoms with Crippen molar-refractivity contribution in [3.05, 3.63) is 98.6 Å². The molecule has 5 aromatic rings. The van der Waals surface area contributed by atoms with Gasteiger partial charge in [-0.15, -0.1) is 11.3 Å². The molecule has 0 atom stereocenters. The number of nitrogens with one attached hydrogen (secondary N) is 1. The van der Waals surface area contributed by atoms with Crippen molar-refractivity contribution in [3.8, 4) is 69.3 Å². The zero-order valence-electron chi connectivity index (χ0n) is 25.0. The van der Waals surface area contributed by atoms with Crippen LogP contribution in [0, 0.1) is 45.3 Å². The van der Waals surface area contributed by atoms with Gasteiger partial charge in [0.1, 0.15) is 41.2 Å². The molecule has 222 valence electrons. The molecule has 0 saturated heterocycles. The normalized spacial score (nSPS) is 11.7. The van der Waals surface area contributed by atoms with Crippen molar-refractivity contribution in [2.75, 3.05) is 18.4 Å². The molecule has 10 nitrogen and oxygen atoms in total. The summed E-state index contributed by atoms with van der Waals surface area (Å²) in [4.78, 5) is 19.7. The third kappa shape index (κ3) is 4.63. The fraction of sp³-hybridized carbons (Fsp3) is 0.111. The van der Waals surface area contributed by atoms with Gasteiger partial charge in [0.2, 0.25) is 0 Å². The van der Waals surface area contributed by atoms with Crippen LogP contribution >= 0.6 is 11.3 Å².